The zero-order valence-electron chi connectivity index (χ0n) is 7.13. The van der Waals surface area contributed by atoms with E-state index >= 15 is 0 Å². The van der Waals surface area contributed by atoms with Gasteiger partial charge in [0.15, 0.2) is 0 Å². The first-order chi connectivity index (χ1) is 6.36. The van der Waals surface area contributed by atoms with Crippen LogP contribution in [0.15, 0.2) is 35.3 Å². The monoisotopic (exact) mass is 176 g/mol. The summed E-state index contributed by atoms with van der Waals surface area (Å²) in [5.74, 6) is 0. The molecule has 1 aliphatic rings. The van der Waals surface area contributed by atoms with Gasteiger partial charge in [-0.2, -0.15) is 0 Å². The summed E-state index contributed by atoms with van der Waals surface area (Å²) in [5, 5.41) is 11.9. The lowest BCUT2D eigenvalue weighted by molar-refractivity contribution is 0.390. The van der Waals surface area contributed by atoms with Crippen LogP contribution in [0.2, 0.25) is 0 Å². The molecule has 1 aliphatic heterocycles. The molecule has 4 heteroatoms. The van der Waals surface area contributed by atoms with Gasteiger partial charge >= 0.3 is 0 Å². The van der Waals surface area contributed by atoms with Crippen molar-refractivity contribution in [3.8, 4) is 0 Å². The van der Waals surface area contributed by atoms with Gasteiger partial charge in [-0.3, -0.25) is 4.99 Å². The number of hydrogen-bond donors (Lipinski definition) is 0. The van der Waals surface area contributed by atoms with Gasteiger partial charge in [0.2, 0.25) is 0 Å². The molecule has 4 nitrogen and oxygen atoms in total. The Morgan fingerprint density at radius 1 is 1.23 bits per heavy atom. The van der Waals surface area contributed by atoms with Crippen molar-refractivity contribution in [1.29, 1.82) is 0 Å². The summed E-state index contributed by atoms with van der Waals surface area (Å²) in [5.41, 5.74) is 0.992. The lowest BCUT2D eigenvalue weighted by atomic mass is 10.3. The molecule has 1 heterocycles. The third-order valence-corrected chi connectivity index (χ3v) is 1.86. The average molecular weight is 176 g/mol. The van der Waals surface area contributed by atoms with Crippen LogP contribution in [0.3, 0.4) is 0 Å². The number of nitrogens with zero attached hydrogens (tertiary/aromatic N) is 3. The molecule has 2 rings (SSSR count). The molecule has 0 saturated carbocycles. The SMILES string of the molecule is [O-]N1CN=CN(c2ccccc2)C1. The summed E-state index contributed by atoms with van der Waals surface area (Å²) in [6.07, 6.45) is 1.70. The summed E-state index contributed by atoms with van der Waals surface area (Å²) >= 11 is 0. The number of rotatable bonds is 1. The van der Waals surface area contributed by atoms with Crippen molar-refractivity contribution in [3.63, 3.8) is 0 Å². The normalized spacial score (nSPS) is 17.8. The van der Waals surface area contributed by atoms with Crippen LogP contribution in [-0.2, 0) is 0 Å². The van der Waals surface area contributed by atoms with Crippen LogP contribution in [0.5, 0.6) is 0 Å². The van der Waals surface area contributed by atoms with Crippen molar-refractivity contribution in [2.75, 3.05) is 18.2 Å². The Hall–Kier alpha value is -1.39. The molecule has 0 N–H and O–H groups in total. The van der Waals surface area contributed by atoms with Crippen molar-refractivity contribution in [3.05, 3.63) is 35.5 Å². The number of anilines is 1. The van der Waals surface area contributed by atoms with Gasteiger partial charge < -0.3 is 15.2 Å². The molecular formula is C9H10N3O-. The second kappa shape index (κ2) is 3.55. The third-order valence-electron chi connectivity index (χ3n) is 1.86. The quantitative estimate of drug-likeness (QED) is 0.646. The standard InChI is InChI=1S/C9H10N3O/c13-12-7-10-6-11(8-12)9-4-2-1-3-5-9/h1-6H,7-8H2/q-1. The van der Waals surface area contributed by atoms with Crippen molar-refractivity contribution >= 4 is 12.0 Å². The summed E-state index contributed by atoms with van der Waals surface area (Å²) < 4.78 is 0. The topological polar surface area (TPSA) is 41.9 Å². The van der Waals surface area contributed by atoms with Gasteiger partial charge in [-0.25, -0.2) is 0 Å². The van der Waals surface area contributed by atoms with E-state index in [1.54, 1.807) is 6.34 Å². The molecule has 0 unspecified atom stereocenters. The van der Waals surface area contributed by atoms with Gasteiger partial charge in [-0.05, 0) is 12.1 Å². The third kappa shape index (κ3) is 1.85. The Kier molecular flexibility index (Phi) is 2.25. The highest BCUT2D eigenvalue weighted by Crippen LogP contribution is 2.13. The van der Waals surface area contributed by atoms with Crippen LogP contribution in [-0.4, -0.2) is 24.7 Å². The Bertz CT molecular complexity index is 299. The van der Waals surface area contributed by atoms with Gasteiger partial charge in [0, 0.05) is 5.69 Å². The van der Waals surface area contributed by atoms with E-state index in [0.717, 1.165) is 10.8 Å². The number of aliphatic imine (C=N–C) groups is 1. The molecule has 0 saturated heterocycles. The second-order valence-electron chi connectivity index (χ2n) is 2.87. The van der Waals surface area contributed by atoms with Crippen LogP contribution >= 0.6 is 0 Å². The van der Waals surface area contributed by atoms with Gasteiger partial charge in [0.1, 0.15) is 0 Å². The average Bonchev–Trinajstić information content (AvgIpc) is 2.19. The minimum atomic E-state index is 0.239. The second-order valence-corrected chi connectivity index (χ2v) is 2.87. The van der Waals surface area contributed by atoms with E-state index in [9.17, 15) is 5.21 Å². The maximum atomic E-state index is 11.0. The molecule has 0 aromatic heterocycles. The molecule has 0 radical (unpaired) electrons. The molecule has 0 aliphatic carbocycles. The van der Waals surface area contributed by atoms with E-state index in [2.05, 4.69) is 4.99 Å². The van der Waals surface area contributed by atoms with Crippen molar-refractivity contribution < 1.29 is 0 Å². The van der Waals surface area contributed by atoms with E-state index in [1.807, 2.05) is 35.2 Å². The highest BCUT2D eigenvalue weighted by Gasteiger charge is 2.06. The van der Waals surface area contributed by atoms with E-state index in [0.29, 0.717) is 6.67 Å². The molecule has 1 aromatic carbocycles. The fourth-order valence-corrected chi connectivity index (χ4v) is 1.25. The summed E-state index contributed by atoms with van der Waals surface area (Å²) in [7, 11) is 0. The fourth-order valence-electron chi connectivity index (χ4n) is 1.25. The van der Waals surface area contributed by atoms with E-state index in [-0.39, 0.29) is 6.67 Å². The van der Waals surface area contributed by atoms with Crippen LogP contribution in [0.4, 0.5) is 5.69 Å². The summed E-state index contributed by atoms with van der Waals surface area (Å²) in [6, 6.07) is 9.72. The first-order valence-corrected chi connectivity index (χ1v) is 4.10. The zero-order valence-corrected chi connectivity index (χ0v) is 7.13. The predicted octanol–water partition coefficient (Wildman–Crippen LogP) is 1.25. The molecule has 0 atom stereocenters. The number of para-hydroxylation sites is 1. The van der Waals surface area contributed by atoms with Gasteiger partial charge in [-0.1, -0.05) is 18.2 Å². The van der Waals surface area contributed by atoms with Crippen LogP contribution in [0.1, 0.15) is 0 Å². The maximum absolute atomic E-state index is 11.0. The summed E-state index contributed by atoms with van der Waals surface area (Å²) in [4.78, 5) is 5.75. The molecule has 1 aromatic rings. The van der Waals surface area contributed by atoms with Crippen LogP contribution < -0.4 is 4.90 Å². The molecule has 0 fully saturated rings. The zero-order chi connectivity index (χ0) is 9.10. The highest BCUT2D eigenvalue weighted by atomic mass is 16.5. The number of hydrogen-bond acceptors (Lipinski definition) is 4. The minimum Gasteiger partial charge on any atom is -0.783 e. The molecule has 0 bridgehead atoms. The van der Waals surface area contributed by atoms with E-state index in [1.165, 1.54) is 0 Å². The Morgan fingerprint density at radius 3 is 2.69 bits per heavy atom. The van der Waals surface area contributed by atoms with Gasteiger partial charge in [0.25, 0.3) is 0 Å². The molecule has 68 valence electrons. The molecule has 13 heavy (non-hydrogen) atoms. The largest absolute Gasteiger partial charge is 0.783 e. The lowest BCUT2D eigenvalue weighted by Crippen LogP contribution is -2.38. The van der Waals surface area contributed by atoms with Gasteiger partial charge in [-0.15, -0.1) is 0 Å². The first-order valence-electron chi connectivity index (χ1n) is 4.10. The maximum Gasteiger partial charge on any atom is 0.0921 e. The molecule has 0 amide bonds. The van der Waals surface area contributed by atoms with Crippen molar-refractivity contribution in [2.45, 2.75) is 0 Å². The predicted molar refractivity (Wildman–Crippen MR) is 52.4 cm³/mol. The van der Waals surface area contributed by atoms with Gasteiger partial charge in [0.05, 0.1) is 19.7 Å². The molecule has 0 spiro atoms. The van der Waals surface area contributed by atoms with Crippen LogP contribution in [0, 0.1) is 5.21 Å². The first kappa shape index (κ1) is 8.22. The molecular weight excluding hydrogens is 166 g/mol. The highest BCUT2D eigenvalue weighted by molar-refractivity contribution is 5.79. The summed E-state index contributed by atoms with van der Waals surface area (Å²) in [6.45, 7) is 0.594. The Morgan fingerprint density at radius 2 is 2.00 bits per heavy atom. The fraction of sp³-hybridized carbons (Fsp3) is 0.222. The van der Waals surface area contributed by atoms with Crippen LogP contribution in [0.25, 0.3) is 0 Å². The lowest BCUT2D eigenvalue weighted by Gasteiger charge is -2.35. The van der Waals surface area contributed by atoms with Crippen molar-refractivity contribution in [2.24, 2.45) is 4.99 Å². The smallest absolute Gasteiger partial charge is 0.0921 e. The van der Waals surface area contributed by atoms with E-state index in [4.69, 9.17) is 0 Å². The Labute approximate surface area is 76.7 Å². The number of hydroxylamine groups is 2. The number of benzene rings is 1. The minimum absolute atomic E-state index is 0.239. The van der Waals surface area contributed by atoms with E-state index < -0.39 is 0 Å². The Balaban J connectivity index is 2.18. The van der Waals surface area contributed by atoms with Crippen molar-refractivity contribution in [1.82, 2.24) is 5.06 Å².